The molecule has 1 atom stereocenters. The molecule has 0 fully saturated rings. The van der Waals surface area contributed by atoms with Crippen molar-refractivity contribution in [1.82, 2.24) is 19.6 Å². The largest absolute Gasteiger partial charge is 0.466 e. The highest BCUT2D eigenvalue weighted by atomic mass is 19.4. The van der Waals surface area contributed by atoms with E-state index in [1.807, 2.05) is 0 Å². The first-order chi connectivity index (χ1) is 14.2. The third kappa shape index (κ3) is 4.13. The fraction of sp³-hybridized carbons (Fsp3) is 0.400. The molecule has 3 aromatic heterocycles. The summed E-state index contributed by atoms with van der Waals surface area (Å²) in [5.74, 6) is -2.11. The molecule has 0 saturated heterocycles. The number of alkyl halides is 3. The fourth-order valence-corrected chi connectivity index (χ4v) is 3.41. The zero-order valence-electron chi connectivity index (χ0n) is 16.7. The van der Waals surface area contributed by atoms with E-state index in [2.05, 4.69) is 15.2 Å². The van der Waals surface area contributed by atoms with Gasteiger partial charge in [-0.15, -0.1) is 10.2 Å². The van der Waals surface area contributed by atoms with Crippen LogP contribution < -0.4 is 0 Å². The van der Waals surface area contributed by atoms with Gasteiger partial charge >= 0.3 is 12.1 Å². The van der Waals surface area contributed by atoms with Crippen LogP contribution in [0, 0.1) is 13.8 Å². The summed E-state index contributed by atoms with van der Waals surface area (Å²) in [7, 11) is 0. The normalized spacial score (nSPS) is 12.9. The SMILES string of the molecule is CCOC(=O)CC(c1cnc(C)c(CO)c1)c1ccn2c(C(F)(F)F)nnc2c1C. The van der Waals surface area contributed by atoms with Gasteiger partial charge in [-0.2, -0.15) is 13.2 Å². The van der Waals surface area contributed by atoms with E-state index < -0.39 is 23.9 Å². The lowest BCUT2D eigenvalue weighted by atomic mass is 9.86. The molecule has 0 aliphatic heterocycles. The lowest BCUT2D eigenvalue weighted by molar-refractivity contribution is -0.145. The molecule has 0 spiro atoms. The van der Waals surface area contributed by atoms with Crippen LogP contribution in [-0.4, -0.2) is 37.3 Å². The number of hydrogen-bond acceptors (Lipinski definition) is 6. The fourth-order valence-electron chi connectivity index (χ4n) is 3.41. The number of nitrogens with zero attached hydrogens (tertiary/aromatic N) is 4. The molecular formula is C20H21F3N4O3. The number of aliphatic hydroxyl groups excluding tert-OH is 1. The van der Waals surface area contributed by atoms with Gasteiger partial charge in [0.15, 0.2) is 5.65 Å². The van der Waals surface area contributed by atoms with Crippen LogP contribution in [0.25, 0.3) is 5.65 Å². The van der Waals surface area contributed by atoms with E-state index in [1.54, 1.807) is 33.0 Å². The zero-order chi connectivity index (χ0) is 22.1. The van der Waals surface area contributed by atoms with Crippen molar-refractivity contribution in [3.8, 4) is 0 Å². The van der Waals surface area contributed by atoms with Gasteiger partial charge in [-0.1, -0.05) is 0 Å². The van der Waals surface area contributed by atoms with Gasteiger partial charge in [0.25, 0.3) is 0 Å². The summed E-state index contributed by atoms with van der Waals surface area (Å²) in [5, 5.41) is 16.6. The third-order valence-corrected chi connectivity index (χ3v) is 4.96. The standard InChI is InChI=1S/C20H21F3N4O3/c1-4-30-17(29)8-16(13-7-14(10-28)12(3)24-9-13)15-5-6-27-18(11(15)2)25-26-19(27)20(21,22)23/h5-7,9,16,28H,4,8,10H2,1-3H3. The quantitative estimate of drug-likeness (QED) is 0.613. The second kappa shape index (κ2) is 8.39. The topological polar surface area (TPSA) is 89.6 Å². The summed E-state index contributed by atoms with van der Waals surface area (Å²) in [5.41, 5.74) is 3.00. The first-order valence-electron chi connectivity index (χ1n) is 9.30. The van der Waals surface area contributed by atoms with Crippen molar-refractivity contribution in [2.24, 2.45) is 0 Å². The minimum atomic E-state index is -4.64. The Hall–Kier alpha value is -3.01. The van der Waals surface area contributed by atoms with Gasteiger partial charge in [0.05, 0.1) is 19.6 Å². The monoisotopic (exact) mass is 422 g/mol. The van der Waals surface area contributed by atoms with Crippen LogP contribution in [0.2, 0.25) is 0 Å². The number of ether oxygens (including phenoxy) is 1. The molecule has 0 aromatic carbocycles. The molecule has 7 nitrogen and oxygen atoms in total. The Balaban J connectivity index is 2.15. The van der Waals surface area contributed by atoms with Crippen LogP contribution in [0.1, 0.15) is 53.0 Å². The van der Waals surface area contributed by atoms with E-state index in [4.69, 9.17) is 4.74 Å². The molecule has 0 aliphatic rings. The van der Waals surface area contributed by atoms with Crippen LogP contribution in [0.3, 0.4) is 0 Å². The summed E-state index contributed by atoms with van der Waals surface area (Å²) in [6, 6.07) is 3.25. The van der Waals surface area contributed by atoms with Crippen LogP contribution in [0.4, 0.5) is 13.2 Å². The molecule has 0 bridgehead atoms. The van der Waals surface area contributed by atoms with Crippen molar-refractivity contribution in [1.29, 1.82) is 0 Å². The minimum absolute atomic E-state index is 0.0409. The Morgan fingerprint density at radius 3 is 2.67 bits per heavy atom. The first kappa shape index (κ1) is 21.7. The number of aryl methyl sites for hydroxylation is 2. The maximum absolute atomic E-state index is 13.2. The Morgan fingerprint density at radius 1 is 1.30 bits per heavy atom. The first-order valence-corrected chi connectivity index (χ1v) is 9.30. The van der Waals surface area contributed by atoms with E-state index in [9.17, 15) is 23.1 Å². The highest BCUT2D eigenvalue weighted by molar-refractivity contribution is 5.72. The lowest BCUT2D eigenvalue weighted by Gasteiger charge is -2.20. The Morgan fingerprint density at radius 2 is 2.03 bits per heavy atom. The third-order valence-electron chi connectivity index (χ3n) is 4.96. The van der Waals surface area contributed by atoms with Gasteiger partial charge in [0.2, 0.25) is 5.82 Å². The number of carbonyl (C=O) groups is 1. The van der Waals surface area contributed by atoms with Crippen molar-refractivity contribution in [2.75, 3.05) is 6.61 Å². The minimum Gasteiger partial charge on any atom is -0.466 e. The summed E-state index contributed by atoms with van der Waals surface area (Å²) in [6.45, 7) is 5.05. The van der Waals surface area contributed by atoms with Crippen LogP contribution >= 0.6 is 0 Å². The molecule has 0 radical (unpaired) electrons. The molecule has 3 aromatic rings. The van der Waals surface area contributed by atoms with E-state index in [1.165, 1.54) is 12.3 Å². The summed E-state index contributed by atoms with van der Waals surface area (Å²) >= 11 is 0. The number of pyridine rings is 2. The molecule has 3 heterocycles. The maximum Gasteiger partial charge on any atom is 0.452 e. The van der Waals surface area contributed by atoms with Crippen molar-refractivity contribution < 1.29 is 27.8 Å². The molecule has 0 amide bonds. The molecule has 3 rings (SSSR count). The van der Waals surface area contributed by atoms with Crippen molar-refractivity contribution in [2.45, 2.75) is 45.9 Å². The van der Waals surface area contributed by atoms with Gasteiger partial charge in [-0.25, -0.2) is 0 Å². The number of rotatable bonds is 6. The average Bonchev–Trinajstić information content (AvgIpc) is 3.13. The average molecular weight is 422 g/mol. The van der Waals surface area contributed by atoms with Crippen molar-refractivity contribution >= 4 is 11.6 Å². The van der Waals surface area contributed by atoms with Crippen LogP contribution in [0.5, 0.6) is 0 Å². The predicted octanol–water partition coefficient (Wildman–Crippen LogP) is 3.34. The summed E-state index contributed by atoms with van der Waals surface area (Å²) in [4.78, 5) is 16.5. The summed E-state index contributed by atoms with van der Waals surface area (Å²) < 4.78 is 45.5. The Kier molecular flexibility index (Phi) is 6.06. The predicted molar refractivity (Wildman–Crippen MR) is 101 cm³/mol. The van der Waals surface area contributed by atoms with E-state index >= 15 is 0 Å². The van der Waals surface area contributed by atoms with Crippen molar-refractivity contribution in [3.05, 3.63) is 58.3 Å². The highest BCUT2D eigenvalue weighted by Crippen LogP contribution is 2.34. The lowest BCUT2D eigenvalue weighted by Crippen LogP contribution is -2.15. The second-order valence-electron chi connectivity index (χ2n) is 6.84. The van der Waals surface area contributed by atoms with Gasteiger partial charge in [-0.05, 0) is 55.2 Å². The zero-order valence-corrected chi connectivity index (χ0v) is 16.7. The van der Waals surface area contributed by atoms with Crippen LogP contribution in [0.15, 0.2) is 24.5 Å². The molecule has 30 heavy (non-hydrogen) atoms. The second-order valence-corrected chi connectivity index (χ2v) is 6.84. The molecular weight excluding hydrogens is 401 g/mol. The molecule has 160 valence electrons. The van der Waals surface area contributed by atoms with Crippen molar-refractivity contribution in [3.63, 3.8) is 0 Å². The number of aliphatic hydroxyl groups is 1. The van der Waals surface area contributed by atoms with E-state index in [0.717, 1.165) is 4.40 Å². The Bertz CT molecular complexity index is 1080. The molecule has 1 unspecified atom stereocenters. The van der Waals surface area contributed by atoms with Gasteiger partial charge < -0.3 is 9.84 Å². The number of hydrogen-bond donors (Lipinski definition) is 1. The smallest absolute Gasteiger partial charge is 0.452 e. The highest BCUT2D eigenvalue weighted by Gasteiger charge is 2.37. The molecule has 0 saturated carbocycles. The van der Waals surface area contributed by atoms with E-state index in [0.29, 0.717) is 27.9 Å². The number of aromatic nitrogens is 4. The number of esters is 1. The van der Waals surface area contributed by atoms with Gasteiger partial charge in [0.1, 0.15) is 0 Å². The number of halogens is 3. The maximum atomic E-state index is 13.2. The molecule has 1 N–H and O–H groups in total. The van der Waals surface area contributed by atoms with Crippen LogP contribution in [-0.2, 0) is 22.3 Å². The number of fused-ring (bicyclic) bond motifs is 1. The van der Waals surface area contributed by atoms with E-state index in [-0.39, 0.29) is 25.3 Å². The molecule has 10 heteroatoms. The summed E-state index contributed by atoms with van der Waals surface area (Å²) in [6.07, 6.45) is -1.85. The van der Waals surface area contributed by atoms with Gasteiger partial charge in [0, 0.05) is 24.0 Å². The molecule has 0 aliphatic carbocycles. The number of carbonyl (C=O) groups excluding carboxylic acids is 1. The van der Waals surface area contributed by atoms with Gasteiger partial charge in [-0.3, -0.25) is 14.2 Å². The Labute approximate surface area is 170 Å².